The maximum Gasteiger partial charge on any atom is 0.239 e. The largest absolute Gasteiger partial charge is 0.507 e. The normalized spacial score (nSPS) is 12.6. The van der Waals surface area contributed by atoms with Gasteiger partial charge in [0.15, 0.2) is 5.76 Å². The Morgan fingerprint density at radius 3 is 2.39 bits per heavy atom. The van der Waals surface area contributed by atoms with Crippen molar-refractivity contribution in [3.63, 3.8) is 0 Å². The number of fused-ring (bicyclic) bond motifs is 1. The van der Waals surface area contributed by atoms with Gasteiger partial charge in [0.1, 0.15) is 28.2 Å². The Morgan fingerprint density at radius 1 is 1.13 bits per heavy atom. The average molecular weight is 426 g/mol. The van der Waals surface area contributed by atoms with Gasteiger partial charge in [-0.2, -0.15) is 0 Å². The summed E-state index contributed by atoms with van der Waals surface area (Å²) in [6.45, 7) is 5.41. The minimum absolute atomic E-state index is 0.000783. The molecule has 164 valence electrons. The molecule has 3 aromatic rings. The summed E-state index contributed by atoms with van der Waals surface area (Å²) in [5.74, 6) is -0.144. The lowest BCUT2D eigenvalue weighted by atomic mass is 9.96. The van der Waals surface area contributed by atoms with E-state index in [1.807, 2.05) is 13.8 Å². The fourth-order valence-electron chi connectivity index (χ4n) is 3.19. The molecule has 0 fully saturated rings. The van der Waals surface area contributed by atoms with Gasteiger partial charge < -0.3 is 29.2 Å². The van der Waals surface area contributed by atoms with Gasteiger partial charge in [-0.3, -0.25) is 4.79 Å². The van der Waals surface area contributed by atoms with E-state index >= 15 is 0 Å². The van der Waals surface area contributed by atoms with Crippen molar-refractivity contribution < 1.29 is 29.2 Å². The second kappa shape index (κ2) is 9.14. The number of allylic oxidation sites excluding steroid dienone is 1. The zero-order chi connectivity index (χ0) is 22.7. The Labute approximate surface area is 179 Å². The molecule has 0 radical (unpaired) electrons. The molecule has 1 heterocycles. The molecule has 2 aromatic carbocycles. The van der Waals surface area contributed by atoms with E-state index in [1.54, 1.807) is 44.4 Å². The van der Waals surface area contributed by atoms with Crippen LogP contribution in [0.4, 0.5) is 0 Å². The molecule has 3 N–H and O–H groups in total. The fourth-order valence-corrected chi connectivity index (χ4v) is 3.19. The number of rotatable bonds is 7. The van der Waals surface area contributed by atoms with Crippen molar-refractivity contribution in [2.45, 2.75) is 33.3 Å². The zero-order valence-electron chi connectivity index (χ0n) is 17.9. The Balaban J connectivity index is 2.36. The second-order valence-electron chi connectivity index (χ2n) is 7.52. The zero-order valence-corrected chi connectivity index (χ0v) is 17.9. The molecule has 0 saturated carbocycles. The highest BCUT2D eigenvalue weighted by atomic mass is 16.5. The number of hydrogen-bond donors (Lipinski definition) is 3. The predicted molar refractivity (Wildman–Crippen MR) is 118 cm³/mol. The number of aliphatic hydroxyl groups is 1. The molecule has 0 bridgehead atoms. The van der Waals surface area contributed by atoms with Crippen LogP contribution in [-0.2, 0) is 6.42 Å². The number of methoxy groups -OCH3 is 1. The van der Waals surface area contributed by atoms with Crippen molar-refractivity contribution in [3.05, 3.63) is 58.5 Å². The number of phenolic OH excluding ortho intramolecular Hbond substituents is 2. The average Bonchev–Trinajstić information content (AvgIpc) is 2.75. The third-order valence-electron chi connectivity index (χ3n) is 5.04. The van der Waals surface area contributed by atoms with Gasteiger partial charge in [0.05, 0.1) is 19.5 Å². The third kappa shape index (κ3) is 4.36. The molecule has 31 heavy (non-hydrogen) atoms. The number of aliphatic hydroxyl groups excluding tert-OH is 1. The quantitative estimate of drug-likeness (QED) is 0.482. The lowest BCUT2D eigenvalue weighted by molar-refractivity contribution is 0.125. The Kier molecular flexibility index (Phi) is 6.56. The monoisotopic (exact) mass is 426 g/mol. The molecule has 3 rings (SSSR count). The SMILES string of the molecule is CC=COc1c(-c2ccc(OC)cc2)oc2c(CC(O)C(C)C)c(O)cc(O)c2c1=O. The first kappa shape index (κ1) is 22.2. The first-order valence-electron chi connectivity index (χ1n) is 9.93. The highest BCUT2D eigenvalue weighted by Crippen LogP contribution is 2.39. The molecule has 0 saturated heterocycles. The van der Waals surface area contributed by atoms with Crippen molar-refractivity contribution in [3.8, 4) is 34.3 Å². The molecule has 0 spiro atoms. The summed E-state index contributed by atoms with van der Waals surface area (Å²) in [6, 6.07) is 7.91. The van der Waals surface area contributed by atoms with Gasteiger partial charge >= 0.3 is 0 Å². The van der Waals surface area contributed by atoms with Crippen LogP contribution in [0.15, 0.2) is 51.9 Å². The van der Waals surface area contributed by atoms with Gasteiger partial charge in [-0.25, -0.2) is 0 Å². The van der Waals surface area contributed by atoms with Gasteiger partial charge in [-0.05, 0) is 37.1 Å². The number of aromatic hydroxyl groups is 2. The van der Waals surface area contributed by atoms with Crippen molar-refractivity contribution in [2.24, 2.45) is 5.92 Å². The molecule has 1 unspecified atom stereocenters. The molecule has 0 aliphatic carbocycles. The predicted octanol–water partition coefficient (Wildman–Crippen LogP) is 4.35. The topological polar surface area (TPSA) is 109 Å². The standard InChI is InChI=1S/C24H26O7/c1-5-10-30-24-21(28)20-19(27)12-18(26)16(11-17(25)13(2)3)23(20)31-22(24)14-6-8-15(29-4)9-7-14/h5-10,12-13,17,25-27H,11H2,1-4H3. The summed E-state index contributed by atoms with van der Waals surface area (Å²) in [6.07, 6.45) is 2.21. The minimum Gasteiger partial charge on any atom is -0.507 e. The van der Waals surface area contributed by atoms with Crippen LogP contribution >= 0.6 is 0 Å². The third-order valence-corrected chi connectivity index (χ3v) is 5.04. The van der Waals surface area contributed by atoms with Gasteiger partial charge in [0.2, 0.25) is 11.2 Å². The first-order valence-corrected chi connectivity index (χ1v) is 9.93. The van der Waals surface area contributed by atoms with E-state index in [2.05, 4.69) is 0 Å². The van der Waals surface area contributed by atoms with Crippen LogP contribution in [0, 0.1) is 5.92 Å². The molecule has 0 aliphatic heterocycles. The Morgan fingerprint density at radius 2 is 1.81 bits per heavy atom. The molecular formula is C24H26O7. The highest BCUT2D eigenvalue weighted by Gasteiger charge is 2.25. The Hall–Kier alpha value is -3.45. The van der Waals surface area contributed by atoms with Crippen LogP contribution in [0.3, 0.4) is 0 Å². The van der Waals surface area contributed by atoms with Gasteiger partial charge in [0.25, 0.3) is 0 Å². The van der Waals surface area contributed by atoms with E-state index in [-0.39, 0.29) is 46.1 Å². The molecule has 1 atom stereocenters. The summed E-state index contributed by atoms with van der Waals surface area (Å²) in [7, 11) is 1.55. The molecule has 1 aromatic heterocycles. The van der Waals surface area contributed by atoms with Crippen molar-refractivity contribution >= 4 is 11.0 Å². The summed E-state index contributed by atoms with van der Waals surface area (Å²) < 4.78 is 16.8. The van der Waals surface area contributed by atoms with Crippen LogP contribution < -0.4 is 14.9 Å². The molecular weight excluding hydrogens is 400 g/mol. The van der Waals surface area contributed by atoms with E-state index in [0.717, 1.165) is 6.07 Å². The van der Waals surface area contributed by atoms with Gasteiger partial charge in [0, 0.05) is 23.6 Å². The smallest absolute Gasteiger partial charge is 0.239 e. The molecule has 0 aliphatic rings. The summed E-state index contributed by atoms with van der Waals surface area (Å²) in [5, 5.41) is 31.1. The van der Waals surface area contributed by atoms with Gasteiger partial charge in [-0.1, -0.05) is 19.9 Å². The van der Waals surface area contributed by atoms with E-state index < -0.39 is 17.3 Å². The van der Waals surface area contributed by atoms with E-state index in [1.165, 1.54) is 6.26 Å². The maximum atomic E-state index is 13.3. The summed E-state index contributed by atoms with van der Waals surface area (Å²) >= 11 is 0. The molecule has 7 heteroatoms. The maximum absolute atomic E-state index is 13.3. The van der Waals surface area contributed by atoms with Crippen LogP contribution in [0.2, 0.25) is 0 Å². The number of ether oxygens (including phenoxy) is 2. The lowest BCUT2D eigenvalue weighted by Gasteiger charge is -2.18. The van der Waals surface area contributed by atoms with E-state index in [4.69, 9.17) is 13.9 Å². The van der Waals surface area contributed by atoms with Gasteiger partial charge in [-0.15, -0.1) is 0 Å². The Bertz CT molecular complexity index is 1160. The number of hydrogen-bond acceptors (Lipinski definition) is 7. The van der Waals surface area contributed by atoms with Crippen molar-refractivity contribution in [1.29, 1.82) is 0 Å². The fraction of sp³-hybridized carbons (Fsp3) is 0.292. The molecule has 0 amide bonds. The highest BCUT2D eigenvalue weighted by molar-refractivity contribution is 5.91. The first-order chi connectivity index (χ1) is 14.8. The number of benzene rings is 2. The van der Waals surface area contributed by atoms with Crippen LogP contribution in [0.5, 0.6) is 23.0 Å². The number of phenols is 2. The van der Waals surface area contributed by atoms with Crippen LogP contribution in [0.25, 0.3) is 22.3 Å². The summed E-state index contributed by atoms with van der Waals surface area (Å²) in [5.41, 5.74) is 0.180. The van der Waals surface area contributed by atoms with Crippen molar-refractivity contribution in [2.75, 3.05) is 7.11 Å². The second-order valence-corrected chi connectivity index (χ2v) is 7.52. The van der Waals surface area contributed by atoms with Crippen molar-refractivity contribution in [1.82, 2.24) is 0 Å². The summed E-state index contributed by atoms with van der Waals surface area (Å²) in [4.78, 5) is 13.3. The molecule has 7 nitrogen and oxygen atoms in total. The van der Waals surface area contributed by atoms with Crippen LogP contribution in [-0.4, -0.2) is 28.5 Å². The van der Waals surface area contributed by atoms with E-state index in [0.29, 0.717) is 11.3 Å². The van der Waals surface area contributed by atoms with E-state index in [9.17, 15) is 20.1 Å². The lowest BCUT2D eigenvalue weighted by Crippen LogP contribution is -2.18. The minimum atomic E-state index is -0.785. The van der Waals surface area contributed by atoms with Crippen LogP contribution in [0.1, 0.15) is 26.3 Å².